The van der Waals surface area contributed by atoms with Gasteiger partial charge in [-0.15, -0.1) is 0 Å². The van der Waals surface area contributed by atoms with Crippen molar-refractivity contribution in [3.63, 3.8) is 0 Å². The zero-order chi connectivity index (χ0) is 23.6. The standard InChI is InChI=1S/C21H18FN5O5S.H2/c1-12-15-5-4-14(31-21-25-7-3-8-26-21)11-17(15)32-20(28)16(12)10-13-6-9-24-19(18(13)22)27-33(29,30)23-2;/h3-9,11,23H,10H2,1-2H3,(H,24,27);1H. The third-order valence-corrected chi connectivity index (χ3v) is 5.85. The predicted octanol–water partition coefficient (Wildman–Crippen LogP) is 2.93. The molecule has 3 aromatic heterocycles. The second kappa shape index (κ2) is 8.92. The number of ether oxygens (including phenoxy) is 1. The van der Waals surface area contributed by atoms with Crippen molar-refractivity contribution < 1.29 is 23.4 Å². The minimum absolute atomic E-state index is 0. The average Bonchev–Trinajstić information content (AvgIpc) is 2.79. The zero-order valence-electron chi connectivity index (χ0n) is 17.5. The lowest BCUT2D eigenvalue weighted by molar-refractivity contribution is 0.440. The Bertz CT molecular complexity index is 1500. The maximum absolute atomic E-state index is 14.9. The van der Waals surface area contributed by atoms with Crippen LogP contribution in [0.15, 0.2) is 58.1 Å². The smallest absolute Gasteiger partial charge is 0.340 e. The lowest BCUT2D eigenvalue weighted by Crippen LogP contribution is -2.27. The van der Waals surface area contributed by atoms with E-state index >= 15 is 0 Å². The van der Waals surface area contributed by atoms with E-state index in [1.54, 1.807) is 31.2 Å². The molecule has 1 aromatic carbocycles. The molecule has 12 heteroatoms. The van der Waals surface area contributed by atoms with Gasteiger partial charge in [0, 0.05) is 50.5 Å². The first kappa shape index (κ1) is 22.3. The van der Waals surface area contributed by atoms with Crippen LogP contribution < -0.4 is 19.8 Å². The Labute approximate surface area is 189 Å². The number of hydrogen-bond donors (Lipinski definition) is 2. The molecule has 0 aliphatic heterocycles. The molecule has 2 N–H and O–H groups in total. The largest absolute Gasteiger partial charge is 0.424 e. The van der Waals surface area contributed by atoms with Crippen LogP contribution in [0.3, 0.4) is 0 Å². The fourth-order valence-electron chi connectivity index (χ4n) is 3.15. The van der Waals surface area contributed by atoms with E-state index in [1.165, 1.54) is 31.7 Å². The maximum atomic E-state index is 14.9. The summed E-state index contributed by atoms with van der Waals surface area (Å²) < 4.78 is 53.3. The van der Waals surface area contributed by atoms with Gasteiger partial charge in [-0.25, -0.2) is 28.9 Å². The van der Waals surface area contributed by atoms with E-state index in [0.717, 1.165) is 0 Å². The minimum Gasteiger partial charge on any atom is -0.424 e. The van der Waals surface area contributed by atoms with Gasteiger partial charge in [-0.2, -0.15) is 8.42 Å². The Hall–Kier alpha value is -3.90. The number of fused-ring (bicyclic) bond motifs is 1. The number of aryl methyl sites for hydroxylation is 1. The Morgan fingerprint density at radius 1 is 1.15 bits per heavy atom. The molecule has 0 atom stereocenters. The molecule has 0 unspecified atom stereocenters. The van der Waals surface area contributed by atoms with E-state index < -0.39 is 27.5 Å². The molecule has 0 spiro atoms. The molecular formula is C21H20FN5O5S. The van der Waals surface area contributed by atoms with Crippen LogP contribution in [0, 0.1) is 12.7 Å². The lowest BCUT2D eigenvalue weighted by Gasteiger charge is -2.12. The topological polar surface area (TPSA) is 136 Å². The van der Waals surface area contributed by atoms with E-state index in [0.29, 0.717) is 16.7 Å². The molecule has 0 saturated carbocycles. The highest BCUT2D eigenvalue weighted by atomic mass is 32.2. The van der Waals surface area contributed by atoms with Gasteiger partial charge in [-0.05, 0) is 42.3 Å². The molecule has 0 saturated heterocycles. The molecule has 0 radical (unpaired) electrons. The molecule has 10 nitrogen and oxygen atoms in total. The third kappa shape index (κ3) is 4.81. The average molecular weight is 473 g/mol. The quantitative estimate of drug-likeness (QED) is 0.391. The van der Waals surface area contributed by atoms with E-state index in [2.05, 4.69) is 15.0 Å². The van der Waals surface area contributed by atoms with Gasteiger partial charge in [0.1, 0.15) is 11.3 Å². The first-order valence-corrected chi connectivity index (χ1v) is 11.1. The lowest BCUT2D eigenvalue weighted by atomic mass is 10.00. The van der Waals surface area contributed by atoms with Crippen molar-refractivity contribution in [3.05, 3.63) is 81.9 Å². The summed E-state index contributed by atoms with van der Waals surface area (Å²) in [6, 6.07) is 8.10. The van der Waals surface area contributed by atoms with Crippen LogP contribution in [0.1, 0.15) is 18.1 Å². The van der Waals surface area contributed by atoms with Crippen LogP contribution in [-0.2, 0) is 16.6 Å². The van der Waals surface area contributed by atoms with E-state index in [1.807, 2.05) is 9.44 Å². The van der Waals surface area contributed by atoms with Gasteiger partial charge in [0.25, 0.3) is 10.2 Å². The number of hydrogen-bond acceptors (Lipinski definition) is 8. The first-order valence-electron chi connectivity index (χ1n) is 9.63. The van der Waals surface area contributed by atoms with Crippen LogP contribution in [0.5, 0.6) is 11.8 Å². The van der Waals surface area contributed by atoms with E-state index in [9.17, 15) is 17.6 Å². The van der Waals surface area contributed by atoms with Crippen LogP contribution >= 0.6 is 0 Å². The van der Waals surface area contributed by atoms with Crippen LogP contribution in [0.4, 0.5) is 10.2 Å². The van der Waals surface area contributed by atoms with Gasteiger partial charge >= 0.3 is 11.6 Å². The summed E-state index contributed by atoms with van der Waals surface area (Å²) in [6.45, 7) is 1.72. The molecular weight excluding hydrogens is 453 g/mol. The van der Waals surface area contributed by atoms with Gasteiger partial charge in [0.05, 0.1) is 0 Å². The monoisotopic (exact) mass is 473 g/mol. The van der Waals surface area contributed by atoms with Crippen LogP contribution in [-0.4, -0.2) is 30.4 Å². The highest BCUT2D eigenvalue weighted by molar-refractivity contribution is 7.90. The molecule has 4 aromatic rings. The minimum atomic E-state index is -3.96. The molecule has 4 rings (SSSR count). The second-order valence-corrected chi connectivity index (χ2v) is 8.52. The Morgan fingerprint density at radius 2 is 1.91 bits per heavy atom. The number of benzene rings is 1. The molecule has 0 fully saturated rings. The van der Waals surface area contributed by atoms with Crippen molar-refractivity contribution in [2.45, 2.75) is 13.3 Å². The van der Waals surface area contributed by atoms with Gasteiger partial charge in [-0.1, -0.05) is 0 Å². The Morgan fingerprint density at radius 3 is 2.64 bits per heavy atom. The molecule has 0 amide bonds. The maximum Gasteiger partial charge on any atom is 0.340 e. The molecule has 0 bridgehead atoms. The Balaban J connectivity index is 0.00000324. The summed E-state index contributed by atoms with van der Waals surface area (Å²) in [7, 11) is -2.78. The second-order valence-electron chi connectivity index (χ2n) is 6.90. The van der Waals surface area contributed by atoms with Gasteiger partial charge in [0.2, 0.25) is 0 Å². The van der Waals surface area contributed by atoms with Gasteiger partial charge in [0.15, 0.2) is 11.6 Å². The molecule has 0 aliphatic carbocycles. The fraction of sp³-hybridized carbons (Fsp3) is 0.143. The fourth-order valence-corrected chi connectivity index (χ4v) is 3.64. The molecule has 0 aliphatic rings. The summed E-state index contributed by atoms with van der Waals surface area (Å²) in [6.07, 6.45) is 4.20. The van der Waals surface area contributed by atoms with E-state index in [-0.39, 0.29) is 30.6 Å². The highest BCUT2D eigenvalue weighted by Crippen LogP contribution is 2.27. The first-order chi connectivity index (χ1) is 15.8. The Kier molecular flexibility index (Phi) is 6.03. The molecule has 33 heavy (non-hydrogen) atoms. The number of aromatic nitrogens is 3. The van der Waals surface area contributed by atoms with Crippen molar-refractivity contribution in [3.8, 4) is 11.8 Å². The van der Waals surface area contributed by atoms with Gasteiger partial charge in [-0.3, -0.25) is 4.72 Å². The molecule has 172 valence electrons. The summed E-state index contributed by atoms with van der Waals surface area (Å²) in [5, 5.41) is 0.636. The third-order valence-electron chi connectivity index (χ3n) is 4.85. The number of rotatable bonds is 7. The normalized spacial score (nSPS) is 11.5. The number of nitrogens with zero attached hydrogens (tertiary/aromatic N) is 3. The van der Waals surface area contributed by atoms with Gasteiger partial charge < -0.3 is 9.15 Å². The van der Waals surface area contributed by atoms with Crippen molar-refractivity contribution in [1.29, 1.82) is 0 Å². The SMILES string of the molecule is CNS(=O)(=O)Nc1nccc(Cc2c(C)c3ccc(Oc4ncccn4)cc3oc2=O)c1F.[HH]. The molecule has 3 heterocycles. The number of nitrogens with one attached hydrogen (secondary N) is 2. The van der Waals surface area contributed by atoms with Crippen LogP contribution in [0.25, 0.3) is 11.0 Å². The summed E-state index contributed by atoms with van der Waals surface area (Å²) in [5.41, 5.74) is 0.538. The summed E-state index contributed by atoms with van der Waals surface area (Å²) >= 11 is 0. The van der Waals surface area contributed by atoms with Crippen molar-refractivity contribution >= 4 is 27.0 Å². The van der Waals surface area contributed by atoms with Crippen molar-refractivity contribution in [2.24, 2.45) is 0 Å². The number of pyridine rings is 1. The summed E-state index contributed by atoms with van der Waals surface area (Å²) in [4.78, 5) is 24.4. The predicted molar refractivity (Wildman–Crippen MR) is 120 cm³/mol. The summed E-state index contributed by atoms with van der Waals surface area (Å²) in [5.74, 6) is -0.984. The van der Waals surface area contributed by atoms with Crippen LogP contribution in [0.2, 0.25) is 0 Å². The number of halogens is 1. The van der Waals surface area contributed by atoms with E-state index in [4.69, 9.17) is 9.15 Å². The zero-order valence-corrected chi connectivity index (χ0v) is 18.3. The van der Waals surface area contributed by atoms with Crippen molar-refractivity contribution in [1.82, 2.24) is 19.7 Å². The van der Waals surface area contributed by atoms with Crippen molar-refractivity contribution in [2.75, 3.05) is 11.8 Å². The number of anilines is 1. The highest BCUT2D eigenvalue weighted by Gasteiger charge is 2.19.